The van der Waals surface area contributed by atoms with Gasteiger partial charge < -0.3 is 4.90 Å². The van der Waals surface area contributed by atoms with Crippen molar-refractivity contribution in [3.63, 3.8) is 0 Å². The Morgan fingerprint density at radius 3 is 2.50 bits per heavy atom. The number of anilines is 1. The van der Waals surface area contributed by atoms with Crippen LogP contribution in [0.25, 0.3) is 5.95 Å². The van der Waals surface area contributed by atoms with Gasteiger partial charge in [0.15, 0.2) is 0 Å². The molecule has 0 amide bonds. The number of sulfonamides is 1. The zero-order chi connectivity index (χ0) is 24.6. The molecule has 1 N–H and O–H groups in total. The average Bonchev–Trinajstić information content (AvgIpc) is 3.39. The van der Waals surface area contributed by atoms with Crippen LogP contribution in [0.2, 0.25) is 0 Å². The van der Waals surface area contributed by atoms with E-state index < -0.39 is 10.0 Å². The highest BCUT2D eigenvalue weighted by Gasteiger charge is 2.27. The van der Waals surface area contributed by atoms with Gasteiger partial charge in [-0.3, -0.25) is 0 Å². The van der Waals surface area contributed by atoms with Crippen molar-refractivity contribution in [1.29, 1.82) is 0 Å². The molecular weight excluding hydrogens is 454 g/mol. The van der Waals surface area contributed by atoms with E-state index in [1.165, 1.54) is 0 Å². The maximum Gasteiger partial charge on any atom is 0.273 e. The average molecular weight is 484 g/mol. The van der Waals surface area contributed by atoms with Crippen molar-refractivity contribution in [3.05, 3.63) is 47.0 Å². The first-order chi connectivity index (χ1) is 16.1. The summed E-state index contributed by atoms with van der Waals surface area (Å²) in [6.07, 6.45) is 1.16. The zero-order valence-corrected chi connectivity index (χ0v) is 21.0. The lowest BCUT2D eigenvalue weighted by atomic mass is 10.1. The van der Waals surface area contributed by atoms with Crippen molar-refractivity contribution in [2.75, 3.05) is 30.8 Å². The van der Waals surface area contributed by atoms with E-state index >= 15 is 0 Å². The Balaban J connectivity index is 1.60. The topological polar surface area (TPSA) is 123 Å². The Bertz CT molecular complexity index is 1400. The van der Waals surface area contributed by atoms with E-state index in [0.29, 0.717) is 30.6 Å². The summed E-state index contributed by atoms with van der Waals surface area (Å²) < 4.78 is 28.6. The molecule has 3 aromatic rings. The molecule has 12 heteroatoms. The van der Waals surface area contributed by atoms with Gasteiger partial charge in [-0.05, 0) is 64.4 Å². The molecule has 0 saturated heterocycles. The minimum absolute atomic E-state index is 0.346. The van der Waals surface area contributed by atoms with Crippen LogP contribution >= 0.6 is 0 Å². The van der Waals surface area contributed by atoms with Gasteiger partial charge in [-0.25, -0.2) is 22.8 Å². The van der Waals surface area contributed by atoms with E-state index in [1.807, 2.05) is 52.8 Å². The van der Waals surface area contributed by atoms with Gasteiger partial charge in [-0.15, -0.1) is 10.2 Å². The summed E-state index contributed by atoms with van der Waals surface area (Å²) >= 11 is 0. The number of nitrogens with zero attached hydrogens (tertiary/aromatic N) is 8. The Morgan fingerprint density at radius 1 is 1.12 bits per heavy atom. The summed E-state index contributed by atoms with van der Waals surface area (Å²) in [6, 6.07) is 7.98. The second-order valence-electron chi connectivity index (χ2n) is 8.34. The van der Waals surface area contributed by atoms with Crippen LogP contribution in [0.3, 0.4) is 0 Å². The van der Waals surface area contributed by atoms with E-state index in [1.54, 1.807) is 9.36 Å². The second-order valence-corrected chi connectivity index (χ2v) is 10.2. The maximum atomic E-state index is 11.3. The fourth-order valence-electron chi connectivity index (χ4n) is 3.88. The zero-order valence-electron chi connectivity index (χ0n) is 20.2. The number of fused-ring (bicyclic) bond motifs is 1. The molecule has 0 atom stereocenters. The molecule has 0 aliphatic carbocycles. The lowest BCUT2D eigenvalue weighted by Gasteiger charge is -2.23. The van der Waals surface area contributed by atoms with Crippen molar-refractivity contribution in [3.8, 4) is 5.95 Å². The first-order valence-electron chi connectivity index (χ1n) is 11.0. The number of aromatic nitrogens is 5. The monoisotopic (exact) mass is 483 g/mol. The third-order valence-electron chi connectivity index (χ3n) is 5.53. The third kappa shape index (κ3) is 4.77. The van der Waals surface area contributed by atoms with E-state index in [0.717, 1.165) is 46.8 Å². The fourth-order valence-corrected chi connectivity index (χ4v) is 4.34. The summed E-state index contributed by atoms with van der Waals surface area (Å²) in [6.45, 7) is 11.5. The van der Waals surface area contributed by atoms with Gasteiger partial charge in [0.2, 0.25) is 15.8 Å². The van der Waals surface area contributed by atoms with E-state index in [9.17, 15) is 8.42 Å². The molecule has 1 aliphatic heterocycles. The molecule has 11 nitrogen and oxygen atoms in total. The number of rotatable bonds is 8. The minimum Gasteiger partial charge on any atom is -0.370 e. The van der Waals surface area contributed by atoms with Crippen LogP contribution in [0.4, 0.5) is 11.4 Å². The highest BCUT2D eigenvalue weighted by molar-refractivity contribution is 7.88. The summed E-state index contributed by atoms with van der Waals surface area (Å²) in [7, 11) is -3.21. The molecule has 0 radical (unpaired) electrons. The third-order valence-corrected chi connectivity index (χ3v) is 6.26. The largest absolute Gasteiger partial charge is 0.370 e. The Morgan fingerprint density at radius 2 is 1.88 bits per heavy atom. The first kappa shape index (κ1) is 23.8. The lowest BCUT2D eigenvalue weighted by molar-refractivity contribution is 0.587. The second kappa shape index (κ2) is 9.11. The van der Waals surface area contributed by atoms with Crippen LogP contribution in [-0.4, -0.2) is 70.4 Å². The molecule has 0 bridgehead atoms. The van der Waals surface area contributed by atoms with Crippen molar-refractivity contribution in [2.45, 2.75) is 34.6 Å². The van der Waals surface area contributed by atoms with E-state index in [2.05, 4.69) is 36.1 Å². The Kier molecular flexibility index (Phi) is 6.36. The van der Waals surface area contributed by atoms with Gasteiger partial charge in [-0.2, -0.15) is 14.9 Å². The highest BCUT2D eigenvalue weighted by Crippen LogP contribution is 2.27. The molecule has 2 aromatic heterocycles. The van der Waals surface area contributed by atoms with E-state index in [-0.39, 0.29) is 0 Å². The van der Waals surface area contributed by atoms with Gasteiger partial charge in [0.05, 0.1) is 23.3 Å². The molecule has 0 fully saturated rings. The molecule has 180 valence electrons. The number of hydrogen-bond donors (Lipinski definition) is 1. The number of aliphatic imine (C=N–C) groups is 1. The van der Waals surface area contributed by atoms with Crippen molar-refractivity contribution in [2.24, 2.45) is 10.1 Å². The summed E-state index contributed by atoms with van der Waals surface area (Å²) in [5.41, 5.74) is 6.06. The summed E-state index contributed by atoms with van der Waals surface area (Å²) in [4.78, 5) is 6.97. The standard InChI is InChI=1S/C22H29N9O2S/c1-7-29(11-10-23-34(6,32)33)18-8-9-19(14(2)12-18)24-20-17(5)28-31-21(20)25-26-22(31)30-16(4)13-15(3)27-30/h8-9,12-13,23H,7,10-11H2,1-6H3. The van der Waals surface area contributed by atoms with Gasteiger partial charge in [-0.1, -0.05) is 0 Å². The van der Waals surface area contributed by atoms with Crippen LogP contribution in [0.1, 0.15) is 36.6 Å². The molecule has 1 aromatic carbocycles. The predicted octanol–water partition coefficient (Wildman–Crippen LogP) is 2.12. The normalized spacial score (nSPS) is 14.5. The van der Waals surface area contributed by atoms with Crippen LogP contribution in [0, 0.1) is 20.8 Å². The quantitative estimate of drug-likeness (QED) is 0.524. The van der Waals surface area contributed by atoms with Crippen LogP contribution in [-0.2, 0) is 10.0 Å². The van der Waals surface area contributed by atoms with Crippen molar-refractivity contribution in [1.82, 2.24) is 29.4 Å². The SMILES string of the molecule is CCN(CCNS(C)(=O)=O)c1ccc(N=C2C(C)=Nn3c2nnc3-n2nc(C)cc2C)c(C)c1. The number of aryl methyl sites for hydroxylation is 3. The van der Waals surface area contributed by atoms with Gasteiger partial charge in [0.1, 0.15) is 5.71 Å². The summed E-state index contributed by atoms with van der Waals surface area (Å²) in [5.74, 6) is 1.10. The predicted molar refractivity (Wildman–Crippen MR) is 133 cm³/mol. The lowest BCUT2D eigenvalue weighted by Crippen LogP contribution is -2.34. The molecule has 3 heterocycles. The molecule has 4 rings (SSSR count). The Hall–Kier alpha value is -3.38. The molecule has 34 heavy (non-hydrogen) atoms. The van der Waals surface area contributed by atoms with Crippen molar-refractivity contribution >= 4 is 32.8 Å². The fraction of sp³-hybridized carbons (Fsp3) is 0.409. The maximum absolute atomic E-state index is 11.3. The van der Waals surface area contributed by atoms with Gasteiger partial charge in [0.25, 0.3) is 5.95 Å². The number of hydrogen-bond acceptors (Lipinski definition) is 8. The van der Waals surface area contributed by atoms with Gasteiger partial charge >= 0.3 is 0 Å². The molecule has 0 saturated carbocycles. The number of benzene rings is 1. The van der Waals surface area contributed by atoms with Crippen LogP contribution in [0.15, 0.2) is 34.4 Å². The molecular formula is C22H29N9O2S. The number of likely N-dealkylation sites (N-methyl/N-ethyl adjacent to an activating group) is 1. The number of nitrogens with one attached hydrogen (secondary N) is 1. The molecule has 0 unspecified atom stereocenters. The van der Waals surface area contributed by atoms with Crippen molar-refractivity contribution < 1.29 is 8.42 Å². The van der Waals surface area contributed by atoms with Gasteiger partial charge in [0, 0.05) is 31.0 Å². The molecule has 0 spiro atoms. The highest BCUT2D eigenvalue weighted by atomic mass is 32.2. The smallest absolute Gasteiger partial charge is 0.273 e. The van der Waals surface area contributed by atoms with E-state index in [4.69, 9.17) is 4.99 Å². The Labute approximate surface area is 199 Å². The van der Waals surface area contributed by atoms with Crippen LogP contribution in [0.5, 0.6) is 0 Å². The van der Waals surface area contributed by atoms with Crippen LogP contribution < -0.4 is 9.62 Å². The molecule has 1 aliphatic rings. The minimum atomic E-state index is -3.21. The first-order valence-corrected chi connectivity index (χ1v) is 12.9. The summed E-state index contributed by atoms with van der Waals surface area (Å²) in [5, 5.41) is 17.7.